The van der Waals surface area contributed by atoms with Crippen LogP contribution in [0.25, 0.3) is 0 Å². The van der Waals surface area contributed by atoms with Gasteiger partial charge in [-0.3, -0.25) is 9.59 Å². The number of aromatic nitrogens is 2. The van der Waals surface area contributed by atoms with Gasteiger partial charge >= 0.3 is 0 Å². The van der Waals surface area contributed by atoms with E-state index in [-0.39, 0.29) is 29.6 Å². The summed E-state index contributed by atoms with van der Waals surface area (Å²) in [7, 11) is -3.99. The minimum Gasteiger partial charge on any atom is -0.352 e. The topological polar surface area (TPSA) is 118 Å². The average Bonchev–Trinajstić information content (AvgIpc) is 2.80. The number of amides is 2. The smallest absolute Gasteiger partial charge is 0.271 e. The van der Waals surface area contributed by atoms with Crippen LogP contribution in [0.15, 0.2) is 59.9 Å². The van der Waals surface area contributed by atoms with E-state index in [1.54, 1.807) is 24.3 Å². The van der Waals surface area contributed by atoms with Gasteiger partial charge in [0.15, 0.2) is 5.69 Å². The summed E-state index contributed by atoms with van der Waals surface area (Å²) in [6.07, 6.45) is 1.08. The highest BCUT2D eigenvalue weighted by Crippen LogP contribution is 2.22. The van der Waals surface area contributed by atoms with Crippen LogP contribution < -0.4 is 10.6 Å². The maximum atomic E-state index is 12.7. The largest absolute Gasteiger partial charge is 0.352 e. The maximum absolute atomic E-state index is 12.7. The van der Waals surface area contributed by atoms with E-state index in [2.05, 4.69) is 20.6 Å². The van der Waals surface area contributed by atoms with Gasteiger partial charge in [0.2, 0.25) is 20.9 Å². The van der Waals surface area contributed by atoms with Crippen molar-refractivity contribution in [3.8, 4) is 0 Å². The van der Waals surface area contributed by atoms with Crippen molar-refractivity contribution in [3.05, 3.63) is 87.2 Å². The minimum absolute atomic E-state index is 0.0145. The van der Waals surface area contributed by atoms with Crippen LogP contribution >= 0.6 is 23.2 Å². The number of hydrogen-bond donors (Lipinski definition) is 2. The summed E-state index contributed by atoms with van der Waals surface area (Å²) in [6.45, 7) is 2.37. The predicted octanol–water partition coefficient (Wildman–Crippen LogP) is 3.50. The lowest BCUT2D eigenvalue weighted by atomic mass is 10.1. The summed E-state index contributed by atoms with van der Waals surface area (Å²) >= 11 is 12.1. The molecule has 0 fully saturated rings. The lowest BCUT2D eigenvalue weighted by Crippen LogP contribution is -2.31. The van der Waals surface area contributed by atoms with E-state index in [9.17, 15) is 18.0 Å². The Kier molecular flexibility index (Phi) is 8.60. The second-order valence-corrected chi connectivity index (χ2v) is 10.2. The molecule has 0 unspecified atom stereocenters. The van der Waals surface area contributed by atoms with Crippen LogP contribution in [-0.4, -0.2) is 36.7 Å². The lowest BCUT2D eigenvalue weighted by molar-refractivity contribution is -0.121. The first kappa shape index (κ1) is 25.6. The zero-order valence-corrected chi connectivity index (χ0v) is 20.5. The van der Waals surface area contributed by atoms with Crippen molar-refractivity contribution in [1.29, 1.82) is 0 Å². The highest BCUT2D eigenvalue weighted by molar-refractivity contribution is 7.90. The zero-order valence-electron chi connectivity index (χ0n) is 18.2. The lowest BCUT2D eigenvalue weighted by Gasteiger charge is -2.09. The highest BCUT2D eigenvalue weighted by atomic mass is 35.5. The normalized spacial score (nSPS) is 11.1. The van der Waals surface area contributed by atoms with Crippen molar-refractivity contribution in [2.24, 2.45) is 0 Å². The first-order valence-corrected chi connectivity index (χ1v) is 12.7. The number of rotatable bonds is 9. The molecule has 2 amide bonds. The molecule has 0 saturated heterocycles. The van der Waals surface area contributed by atoms with Crippen LogP contribution in [0.5, 0.6) is 0 Å². The molecule has 1 heterocycles. The van der Waals surface area contributed by atoms with Gasteiger partial charge in [-0.2, -0.15) is 0 Å². The van der Waals surface area contributed by atoms with E-state index in [4.69, 9.17) is 23.2 Å². The summed E-state index contributed by atoms with van der Waals surface area (Å²) in [5.74, 6) is -1.40. The molecule has 0 radical (unpaired) electrons. The third-order valence-electron chi connectivity index (χ3n) is 4.77. The van der Waals surface area contributed by atoms with Gasteiger partial charge in [-0.15, -0.1) is 0 Å². The molecular weight excluding hydrogens is 499 g/mol. The van der Waals surface area contributed by atoms with Crippen molar-refractivity contribution >= 4 is 44.9 Å². The van der Waals surface area contributed by atoms with Gasteiger partial charge in [-0.25, -0.2) is 18.4 Å². The molecule has 3 rings (SSSR count). The van der Waals surface area contributed by atoms with E-state index in [0.29, 0.717) is 17.1 Å². The van der Waals surface area contributed by atoms with Crippen LogP contribution in [0.2, 0.25) is 10.0 Å². The molecule has 0 aliphatic rings. The number of aryl methyl sites for hydroxylation is 1. The van der Waals surface area contributed by atoms with Crippen LogP contribution in [0.1, 0.15) is 33.6 Å². The van der Waals surface area contributed by atoms with Gasteiger partial charge in [0, 0.05) is 24.5 Å². The van der Waals surface area contributed by atoms with Crippen LogP contribution in [0, 0.1) is 6.92 Å². The molecule has 34 heavy (non-hydrogen) atoms. The summed E-state index contributed by atoms with van der Waals surface area (Å²) in [6, 6.07) is 14.2. The van der Waals surface area contributed by atoms with Crippen LogP contribution in [0.4, 0.5) is 0 Å². The monoisotopic (exact) mass is 520 g/mol. The Morgan fingerprint density at radius 3 is 2.38 bits per heavy atom. The number of hydrogen-bond acceptors (Lipinski definition) is 6. The highest BCUT2D eigenvalue weighted by Gasteiger charge is 2.23. The van der Waals surface area contributed by atoms with Gasteiger partial charge in [0.05, 0.1) is 17.0 Å². The fourth-order valence-electron chi connectivity index (χ4n) is 2.91. The van der Waals surface area contributed by atoms with E-state index < -0.39 is 26.7 Å². The molecule has 2 N–H and O–H groups in total. The average molecular weight is 521 g/mol. The predicted molar refractivity (Wildman–Crippen MR) is 129 cm³/mol. The number of sulfone groups is 1. The Hall–Kier alpha value is -3.01. The summed E-state index contributed by atoms with van der Waals surface area (Å²) in [5.41, 5.74) is 2.17. The van der Waals surface area contributed by atoms with Crippen LogP contribution in [-0.2, 0) is 26.9 Å². The molecule has 0 aliphatic heterocycles. The Bertz CT molecular complexity index is 1300. The Labute approximate surface area is 207 Å². The zero-order chi connectivity index (χ0) is 24.7. The van der Waals surface area contributed by atoms with Crippen molar-refractivity contribution in [3.63, 3.8) is 0 Å². The van der Waals surface area contributed by atoms with E-state index in [1.807, 2.05) is 31.2 Å². The number of nitrogens with one attached hydrogen (secondary N) is 2. The van der Waals surface area contributed by atoms with E-state index in [0.717, 1.165) is 17.3 Å². The Morgan fingerprint density at radius 1 is 0.971 bits per heavy atom. The van der Waals surface area contributed by atoms with Crippen LogP contribution in [0.3, 0.4) is 0 Å². The number of carbonyl (C=O) groups is 2. The molecule has 2 aromatic carbocycles. The third-order valence-corrected chi connectivity index (χ3v) is 6.86. The second-order valence-electron chi connectivity index (χ2n) is 7.47. The molecule has 1 aromatic heterocycles. The fraction of sp³-hybridized carbons (Fsp3) is 0.217. The molecule has 0 atom stereocenters. The molecule has 0 spiro atoms. The molecule has 0 saturated carbocycles. The molecular formula is C23H22Cl2N4O4S. The van der Waals surface area contributed by atoms with Crippen molar-refractivity contribution in [1.82, 2.24) is 20.6 Å². The maximum Gasteiger partial charge on any atom is 0.271 e. The first-order chi connectivity index (χ1) is 16.2. The standard InChI is InChI=1S/C23H22Cl2N4O4S/c1-15-6-8-16(9-7-15)12-27-20(30)10-11-26-22(31)21-19(25)13-28-23(29-21)34(32,33)14-17-4-2-3-5-18(17)24/h2-9,13H,10-12,14H2,1H3,(H,26,31)(H,27,30). The number of nitrogens with zero attached hydrogens (tertiary/aromatic N) is 2. The SMILES string of the molecule is Cc1ccc(CNC(=O)CCNC(=O)c2nc(S(=O)(=O)Cc3ccccc3Cl)ncc2Cl)cc1. The van der Waals surface area contributed by atoms with Gasteiger partial charge in [-0.1, -0.05) is 71.2 Å². The Balaban J connectivity index is 1.58. The minimum atomic E-state index is -3.99. The number of carbonyl (C=O) groups excluding carboxylic acids is 2. The summed E-state index contributed by atoms with van der Waals surface area (Å²) < 4.78 is 25.5. The molecule has 3 aromatic rings. The van der Waals surface area contributed by atoms with Gasteiger partial charge in [-0.05, 0) is 24.1 Å². The van der Waals surface area contributed by atoms with Gasteiger partial charge < -0.3 is 10.6 Å². The number of benzene rings is 2. The molecule has 8 nitrogen and oxygen atoms in total. The molecule has 178 valence electrons. The summed E-state index contributed by atoms with van der Waals surface area (Å²) in [5, 5.41) is 4.93. The quantitative estimate of drug-likeness (QED) is 0.416. The van der Waals surface area contributed by atoms with Crippen molar-refractivity contribution in [2.45, 2.75) is 30.8 Å². The third kappa shape index (κ3) is 6.99. The first-order valence-electron chi connectivity index (χ1n) is 10.2. The second kappa shape index (κ2) is 11.4. The number of halogens is 2. The summed E-state index contributed by atoms with van der Waals surface area (Å²) in [4.78, 5) is 32.2. The van der Waals surface area contributed by atoms with Crippen molar-refractivity contribution < 1.29 is 18.0 Å². The van der Waals surface area contributed by atoms with E-state index >= 15 is 0 Å². The van der Waals surface area contributed by atoms with Crippen molar-refractivity contribution in [2.75, 3.05) is 6.54 Å². The molecule has 11 heteroatoms. The molecule has 0 aliphatic carbocycles. The fourth-order valence-corrected chi connectivity index (χ4v) is 4.61. The Morgan fingerprint density at radius 2 is 1.68 bits per heavy atom. The van der Waals surface area contributed by atoms with E-state index in [1.165, 1.54) is 0 Å². The van der Waals surface area contributed by atoms with Gasteiger partial charge in [0.25, 0.3) is 5.91 Å². The van der Waals surface area contributed by atoms with Gasteiger partial charge in [0.1, 0.15) is 0 Å². The molecule has 0 bridgehead atoms.